The van der Waals surface area contributed by atoms with E-state index in [0.717, 1.165) is 0 Å². The second-order valence-electron chi connectivity index (χ2n) is 7.16. The van der Waals surface area contributed by atoms with Crippen LogP contribution in [0.5, 0.6) is 29.3 Å². The summed E-state index contributed by atoms with van der Waals surface area (Å²) in [4.78, 5) is 21.7. The van der Waals surface area contributed by atoms with E-state index >= 15 is 0 Å². The van der Waals surface area contributed by atoms with Crippen molar-refractivity contribution in [3.8, 4) is 29.3 Å². The highest BCUT2D eigenvalue weighted by atomic mass is 16.6. The van der Waals surface area contributed by atoms with Gasteiger partial charge in [-0.3, -0.25) is 0 Å². The van der Waals surface area contributed by atoms with Crippen LogP contribution in [0, 0.1) is 0 Å². The van der Waals surface area contributed by atoms with E-state index in [1.807, 2.05) is 0 Å². The van der Waals surface area contributed by atoms with Crippen molar-refractivity contribution in [2.75, 3.05) is 42.7 Å². The first kappa shape index (κ1) is 25.6. The number of ether oxygens (including phenoxy) is 7. The molecule has 0 bridgehead atoms. The van der Waals surface area contributed by atoms with E-state index in [4.69, 9.17) is 33.2 Å². The monoisotopic (exact) mass is 484 g/mol. The van der Waals surface area contributed by atoms with Gasteiger partial charge < -0.3 is 33.2 Å². The van der Waals surface area contributed by atoms with Gasteiger partial charge in [0.1, 0.15) is 11.5 Å². The van der Waals surface area contributed by atoms with Crippen LogP contribution in [0.4, 0.5) is 0 Å². The number of esters is 1. The van der Waals surface area contributed by atoms with Gasteiger partial charge in [0, 0.05) is 7.11 Å². The lowest BCUT2D eigenvalue weighted by Gasteiger charge is -2.38. The van der Waals surface area contributed by atoms with Crippen LogP contribution in [0.3, 0.4) is 0 Å². The van der Waals surface area contributed by atoms with Gasteiger partial charge in [-0.15, -0.1) is 0 Å². The smallest absolute Gasteiger partial charge is 0.351 e. The van der Waals surface area contributed by atoms with Crippen LogP contribution >= 0.6 is 0 Å². The number of carbonyl (C=O) groups is 1. The minimum absolute atomic E-state index is 0.177. The van der Waals surface area contributed by atoms with Gasteiger partial charge >= 0.3 is 12.0 Å². The van der Waals surface area contributed by atoms with Crippen LogP contribution in [0.25, 0.3) is 0 Å². The zero-order chi connectivity index (χ0) is 25.4. The molecule has 0 radical (unpaired) electrons. The first-order chi connectivity index (χ1) is 16.9. The van der Waals surface area contributed by atoms with Gasteiger partial charge in [0.05, 0.1) is 41.6 Å². The summed E-state index contributed by atoms with van der Waals surface area (Å²) in [5, 5.41) is 0. The molecule has 0 aliphatic carbocycles. The van der Waals surface area contributed by atoms with Crippen LogP contribution < -0.4 is 23.7 Å². The van der Waals surface area contributed by atoms with Gasteiger partial charge in [0.25, 0.3) is 0 Å². The molecule has 186 valence electrons. The third kappa shape index (κ3) is 5.22. The molecule has 0 N–H and O–H groups in total. The lowest BCUT2D eigenvalue weighted by Crippen LogP contribution is -2.51. The summed E-state index contributed by atoms with van der Waals surface area (Å²) in [5.41, 5.74) is -0.425. The topological polar surface area (TPSA) is 107 Å². The summed E-state index contributed by atoms with van der Waals surface area (Å²) in [6.45, 7) is 0. The molecular weight excluding hydrogens is 456 g/mol. The number of hydrogen-bond acceptors (Lipinski definition) is 10. The van der Waals surface area contributed by atoms with Gasteiger partial charge in [-0.1, -0.05) is 24.3 Å². The highest BCUT2D eigenvalue weighted by Crippen LogP contribution is 2.41. The van der Waals surface area contributed by atoms with E-state index in [2.05, 4.69) is 9.97 Å². The molecule has 0 saturated carbocycles. The average Bonchev–Trinajstić information content (AvgIpc) is 2.92. The highest BCUT2D eigenvalue weighted by molar-refractivity contribution is 5.78. The predicted octanol–water partition coefficient (Wildman–Crippen LogP) is 3.02. The van der Waals surface area contributed by atoms with Crippen molar-refractivity contribution in [3.63, 3.8) is 0 Å². The minimum atomic E-state index is -1.53. The molecule has 0 aliphatic heterocycles. The standard InChI is InChI=1S/C25H28N2O8/c1-29-18-11-7-9-16(13-18)25(34-6,17-10-8-12-19(14-17)30-2)22(23(28)33-5)35-24-26-20(31-3)15-21(27-24)32-4/h7-15,22H,1-6H3. The summed E-state index contributed by atoms with van der Waals surface area (Å²) in [5.74, 6) is 0.731. The Morgan fingerprint density at radius 2 is 1.26 bits per heavy atom. The number of carbonyl (C=O) groups excluding carboxylic acids is 1. The lowest BCUT2D eigenvalue weighted by molar-refractivity contribution is -0.164. The van der Waals surface area contributed by atoms with E-state index in [9.17, 15) is 4.79 Å². The number of aromatic nitrogens is 2. The van der Waals surface area contributed by atoms with Gasteiger partial charge in [-0.25, -0.2) is 4.79 Å². The molecule has 10 nitrogen and oxygen atoms in total. The Morgan fingerprint density at radius 1 is 0.743 bits per heavy atom. The third-order valence-corrected chi connectivity index (χ3v) is 5.40. The molecule has 1 unspecified atom stereocenters. The number of methoxy groups -OCH3 is 6. The molecule has 1 heterocycles. The Bertz CT molecular complexity index is 1080. The van der Waals surface area contributed by atoms with Crippen molar-refractivity contribution < 1.29 is 38.0 Å². The molecule has 0 spiro atoms. The van der Waals surface area contributed by atoms with Crippen LogP contribution in [0.1, 0.15) is 11.1 Å². The van der Waals surface area contributed by atoms with Crippen molar-refractivity contribution in [2.45, 2.75) is 11.7 Å². The van der Waals surface area contributed by atoms with Gasteiger partial charge in [-0.05, 0) is 35.4 Å². The van der Waals surface area contributed by atoms with Gasteiger partial charge in [0.2, 0.25) is 17.9 Å². The van der Waals surface area contributed by atoms with Crippen LogP contribution in [-0.4, -0.2) is 64.7 Å². The fourth-order valence-corrected chi connectivity index (χ4v) is 3.68. The molecule has 0 fully saturated rings. The number of nitrogens with zero attached hydrogens (tertiary/aromatic N) is 2. The second-order valence-corrected chi connectivity index (χ2v) is 7.16. The van der Waals surface area contributed by atoms with E-state index in [1.165, 1.54) is 34.5 Å². The van der Waals surface area contributed by atoms with Gasteiger partial charge in [-0.2, -0.15) is 9.97 Å². The largest absolute Gasteiger partial charge is 0.497 e. The maximum Gasteiger partial charge on any atom is 0.351 e. The molecule has 2 aromatic carbocycles. The molecular formula is C25H28N2O8. The molecule has 1 atom stereocenters. The predicted molar refractivity (Wildman–Crippen MR) is 125 cm³/mol. The van der Waals surface area contributed by atoms with Crippen LogP contribution in [-0.2, 0) is 19.9 Å². The van der Waals surface area contributed by atoms with Crippen molar-refractivity contribution in [2.24, 2.45) is 0 Å². The summed E-state index contributed by atoms with van der Waals surface area (Å²) >= 11 is 0. The van der Waals surface area contributed by atoms with Crippen LogP contribution in [0.2, 0.25) is 0 Å². The average molecular weight is 485 g/mol. The van der Waals surface area contributed by atoms with E-state index in [0.29, 0.717) is 22.6 Å². The van der Waals surface area contributed by atoms with Gasteiger partial charge in [0.15, 0.2) is 5.60 Å². The Kier molecular flexibility index (Phi) is 8.32. The van der Waals surface area contributed by atoms with E-state index < -0.39 is 17.7 Å². The Morgan fingerprint density at radius 3 is 1.66 bits per heavy atom. The van der Waals surface area contributed by atoms with Crippen molar-refractivity contribution in [1.29, 1.82) is 0 Å². The van der Waals surface area contributed by atoms with Crippen LogP contribution in [0.15, 0.2) is 54.6 Å². The summed E-state index contributed by atoms with van der Waals surface area (Å²) in [6.07, 6.45) is -1.41. The van der Waals surface area contributed by atoms with Crippen molar-refractivity contribution >= 4 is 5.97 Å². The Balaban J connectivity index is 2.29. The normalized spacial score (nSPS) is 11.8. The Hall–Kier alpha value is -4.05. The SMILES string of the molecule is COC(=O)C(Oc1nc(OC)cc(OC)n1)C(OC)(c1cccc(OC)c1)c1cccc(OC)c1. The minimum Gasteiger partial charge on any atom is -0.497 e. The number of benzene rings is 2. The fourth-order valence-electron chi connectivity index (χ4n) is 3.68. The molecule has 0 saturated heterocycles. The van der Waals surface area contributed by atoms with Crippen molar-refractivity contribution in [3.05, 3.63) is 65.7 Å². The molecule has 0 amide bonds. The molecule has 3 aromatic rings. The first-order valence-corrected chi connectivity index (χ1v) is 10.5. The maximum absolute atomic E-state index is 13.3. The zero-order valence-electron chi connectivity index (χ0n) is 20.4. The number of rotatable bonds is 11. The maximum atomic E-state index is 13.3. The molecule has 10 heteroatoms. The van der Waals surface area contributed by atoms with E-state index in [1.54, 1.807) is 62.8 Å². The van der Waals surface area contributed by atoms with E-state index in [-0.39, 0.29) is 17.8 Å². The highest BCUT2D eigenvalue weighted by Gasteiger charge is 2.50. The second kappa shape index (κ2) is 11.4. The molecule has 35 heavy (non-hydrogen) atoms. The lowest BCUT2D eigenvalue weighted by atomic mass is 9.80. The van der Waals surface area contributed by atoms with Crippen molar-refractivity contribution in [1.82, 2.24) is 9.97 Å². The molecule has 3 rings (SSSR count). The third-order valence-electron chi connectivity index (χ3n) is 5.40. The molecule has 0 aliphatic rings. The molecule has 1 aromatic heterocycles. The summed E-state index contributed by atoms with van der Waals surface area (Å²) in [6, 6.07) is 15.5. The Labute approximate surface area is 203 Å². The zero-order valence-corrected chi connectivity index (χ0v) is 20.4. The summed E-state index contributed by atoms with van der Waals surface area (Å²) < 4.78 is 38.6. The quantitative estimate of drug-likeness (QED) is 0.377. The fraction of sp³-hybridized carbons (Fsp3) is 0.320. The number of hydrogen-bond donors (Lipinski definition) is 0. The first-order valence-electron chi connectivity index (χ1n) is 10.5. The summed E-state index contributed by atoms with van der Waals surface area (Å²) in [7, 11) is 8.69.